The first-order valence-corrected chi connectivity index (χ1v) is 13.1. The molecule has 0 aromatic carbocycles. The lowest BCUT2D eigenvalue weighted by molar-refractivity contribution is -0.478. The average molecular weight is 455 g/mol. The highest BCUT2D eigenvalue weighted by Crippen LogP contribution is 2.28. The Morgan fingerprint density at radius 2 is 1.30 bits per heavy atom. The summed E-state index contributed by atoms with van der Waals surface area (Å²) in [6, 6.07) is 0.599. The fourth-order valence-electron chi connectivity index (χ4n) is 2.75. The summed E-state index contributed by atoms with van der Waals surface area (Å²) in [5, 5.41) is 6.56. The molecule has 0 fully saturated rings. The Bertz CT molecular complexity index is 370. The lowest BCUT2D eigenvalue weighted by Gasteiger charge is -2.38. The molecule has 182 valence electrons. The van der Waals surface area contributed by atoms with E-state index in [2.05, 4.69) is 10.6 Å². The molecule has 0 heterocycles. The van der Waals surface area contributed by atoms with Crippen LogP contribution in [0.2, 0.25) is 6.04 Å². The minimum Gasteiger partial charge on any atom is -0.377 e. The van der Waals surface area contributed by atoms with Crippen molar-refractivity contribution >= 4 is 8.80 Å². The van der Waals surface area contributed by atoms with E-state index in [9.17, 15) is 0 Å². The van der Waals surface area contributed by atoms with Gasteiger partial charge in [0, 0.05) is 45.9 Å². The number of unbranched alkanes of at least 4 members (excludes halogenated alkanes) is 1. The van der Waals surface area contributed by atoms with Gasteiger partial charge in [-0.25, -0.2) is 0 Å². The smallest absolute Gasteiger partial charge is 0.377 e. The zero-order valence-electron chi connectivity index (χ0n) is 19.5. The van der Waals surface area contributed by atoms with Gasteiger partial charge in [-0.2, -0.15) is 0 Å². The quantitative estimate of drug-likeness (QED) is 0.0988. The third-order valence-corrected chi connectivity index (χ3v) is 6.90. The number of rotatable bonds is 23. The molecule has 0 amide bonds. The summed E-state index contributed by atoms with van der Waals surface area (Å²) in [4.78, 5) is 0. The van der Waals surface area contributed by atoms with Crippen LogP contribution >= 0.6 is 0 Å². The molecule has 0 aliphatic rings. The highest BCUT2D eigenvalue weighted by molar-refractivity contribution is 6.60. The second-order valence-corrected chi connectivity index (χ2v) is 9.29. The van der Waals surface area contributed by atoms with Crippen LogP contribution in [0.5, 0.6) is 0 Å². The van der Waals surface area contributed by atoms with Crippen molar-refractivity contribution in [1.82, 2.24) is 10.6 Å². The van der Waals surface area contributed by atoms with Crippen molar-refractivity contribution in [3.05, 3.63) is 0 Å². The van der Waals surface area contributed by atoms with E-state index in [4.69, 9.17) is 39.0 Å². The summed E-state index contributed by atoms with van der Waals surface area (Å²) in [6.45, 7) is 11.7. The lowest BCUT2D eigenvalue weighted by Crippen LogP contribution is -2.56. The Labute approximate surface area is 184 Å². The molecule has 0 rings (SSSR count). The van der Waals surface area contributed by atoms with Crippen LogP contribution in [0.4, 0.5) is 0 Å². The third kappa shape index (κ3) is 13.3. The van der Waals surface area contributed by atoms with Crippen LogP contribution in [0.25, 0.3) is 0 Å². The average Bonchev–Trinajstić information content (AvgIpc) is 2.73. The monoisotopic (exact) mass is 454 g/mol. The van der Waals surface area contributed by atoms with E-state index in [0.29, 0.717) is 45.6 Å². The largest absolute Gasteiger partial charge is 0.506 e. The van der Waals surface area contributed by atoms with Gasteiger partial charge in [0.15, 0.2) is 0 Å². The summed E-state index contributed by atoms with van der Waals surface area (Å²) in [7, 11) is -1.53. The zero-order valence-corrected chi connectivity index (χ0v) is 20.5. The Balaban J connectivity index is 5.09. The second-order valence-electron chi connectivity index (χ2n) is 6.52. The predicted octanol–water partition coefficient (Wildman–Crippen LogP) is 0.593. The van der Waals surface area contributed by atoms with Crippen molar-refractivity contribution in [1.29, 1.82) is 0 Å². The standard InChI is InChI=1S/C19H46N4O6Si/c1-5-25-19(26-6-2,27-7-3)29-30(24-4,18-10-14-23-16-12-21)28-17-9-8-13-22-15-11-20/h22-23H,5-18,20-21H2,1-4H3. The number of nitrogens with one attached hydrogen (secondary N) is 2. The fraction of sp³-hybridized carbons (Fsp3) is 1.00. The van der Waals surface area contributed by atoms with E-state index in [1.54, 1.807) is 7.11 Å². The number of hydrogen-bond donors (Lipinski definition) is 4. The van der Waals surface area contributed by atoms with E-state index in [0.717, 1.165) is 45.4 Å². The summed E-state index contributed by atoms with van der Waals surface area (Å²) in [6.07, 6.45) is 1.02. The van der Waals surface area contributed by atoms with E-state index in [-0.39, 0.29) is 0 Å². The molecule has 0 aliphatic carbocycles. The van der Waals surface area contributed by atoms with Crippen LogP contribution < -0.4 is 22.1 Å². The first kappa shape index (κ1) is 29.8. The van der Waals surface area contributed by atoms with Gasteiger partial charge in [-0.1, -0.05) is 0 Å². The van der Waals surface area contributed by atoms with Crippen molar-refractivity contribution in [2.24, 2.45) is 11.5 Å². The Hall–Kier alpha value is -0.183. The normalized spacial score (nSPS) is 14.2. The molecule has 0 saturated carbocycles. The Kier molecular flexibility index (Phi) is 19.4. The predicted molar refractivity (Wildman–Crippen MR) is 120 cm³/mol. The summed E-state index contributed by atoms with van der Waals surface area (Å²) >= 11 is 0. The molecule has 0 bridgehead atoms. The minimum atomic E-state index is -3.14. The molecular formula is C19H46N4O6Si. The van der Waals surface area contributed by atoms with Gasteiger partial charge in [-0.15, -0.1) is 0 Å². The lowest BCUT2D eigenvalue weighted by atomic mass is 10.3. The van der Waals surface area contributed by atoms with Gasteiger partial charge < -0.3 is 45.2 Å². The summed E-state index contributed by atoms with van der Waals surface area (Å²) in [5.41, 5.74) is 11.0. The Morgan fingerprint density at radius 3 is 1.77 bits per heavy atom. The zero-order chi connectivity index (χ0) is 22.6. The molecule has 0 radical (unpaired) electrons. The van der Waals surface area contributed by atoms with Gasteiger partial charge in [0.05, 0.1) is 19.8 Å². The maximum Gasteiger partial charge on any atom is 0.506 e. The van der Waals surface area contributed by atoms with E-state index in [1.807, 2.05) is 20.8 Å². The SMILES string of the molecule is CCOC(OCC)(OCC)O[Si](CCCNCCN)(OC)OCCCCNCCN. The van der Waals surface area contributed by atoms with Gasteiger partial charge in [0.25, 0.3) is 0 Å². The number of ether oxygens (including phenoxy) is 3. The summed E-state index contributed by atoms with van der Waals surface area (Å²) < 4.78 is 35.6. The van der Waals surface area contributed by atoms with E-state index >= 15 is 0 Å². The first-order chi connectivity index (χ1) is 14.6. The highest BCUT2D eigenvalue weighted by atomic mass is 28.4. The van der Waals surface area contributed by atoms with Gasteiger partial charge in [0.1, 0.15) is 0 Å². The molecule has 6 N–H and O–H groups in total. The molecule has 30 heavy (non-hydrogen) atoms. The number of nitrogens with two attached hydrogens (primary N) is 2. The third-order valence-electron chi connectivity index (χ3n) is 4.10. The topological polar surface area (TPSA) is 131 Å². The molecule has 1 atom stereocenters. The van der Waals surface area contributed by atoms with Crippen LogP contribution in [0.1, 0.15) is 40.0 Å². The summed E-state index contributed by atoms with van der Waals surface area (Å²) in [5.74, 6) is 0. The molecule has 10 nitrogen and oxygen atoms in total. The van der Waals surface area contributed by atoms with Crippen molar-refractivity contribution in [3.63, 3.8) is 0 Å². The fourth-order valence-corrected chi connectivity index (χ4v) is 5.09. The van der Waals surface area contributed by atoms with Crippen molar-refractivity contribution in [2.45, 2.75) is 52.2 Å². The molecule has 0 aromatic heterocycles. The Morgan fingerprint density at radius 1 is 0.767 bits per heavy atom. The van der Waals surface area contributed by atoms with Gasteiger partial charge >= 0.3 is 15.0 Å². The van der Waals surface area contributed by atoms with Crippen molar-refractivity contribution < 1.29 is 27.5 Å². The molecule has 0 aliphatic heterocycles. The molecule has 11 heteroatoms. The maximum absolute atomic E-state index is 6.29. The first-order valence-electron chi connectivity index (χ1n) is 11.2. The maximum atomic E-state index is 6.29. The van der Waals surface area contributed by atoms with E-state index < -0.39 is 15.0 Å². The van der Waals surface area contributed by atoms with Crippen LogP contribution in [0, 0.1) is 0 Å². The van der Waals surface area contributed by atoms with E-state index in [1.165, 1.54) is 0 Å². The van der Waals surface area contributed by atoms with Gasteiger partial charge in [0.2, 0.25) is 0 Å². The van der Waals surface area contributed by atoms with Crippen LogP contribution in [0.3, 0.4) is 0 Å². The van der Waals surface area contributed by atoms with Gasteiger partial charge in [-0.3, -0.25) is 4.43 Å². The van der Waals surface area contributed by atoms with Crippen LogP contribution in [-0.4, -0.2) is 87.8 Å². The second kappa shape index (κ2) is 19.5. The van der Waals surface area contributed by atoms with Crippen molar-refractivity contribution in [3.8, 4) is 0 Å². The molecule has 0 spiro atoms. The number of hydrogen-bond acceptors (Lipinski definition) is 10. The molecule has 0 saturated heterocycles. The van der Waals surface area contributed by atoms with Crippen LogP contribution in [-0.2, 0) is 27.5 Å². The van der Waals surface area contributed by atoms with Crippen LogP contribution in [0.15, 0.2) is 0 Å². The highest BCUT2D eigenvalue weighted by Gasteiger charge is 2.50. The van der Waals surface area contributed by atoms with Crippen molar-refractivity contribution in [2.75, 3.05) is 72.8 Å². The molecular weight excluding hydrogens is 408 g/mol. The minimum absolute atomic E-state index is 0.360. The van der Waals surface area contributed by atoms with Gasteiger partial charge in [-0.05, 0) is 53.1 Å². The molecule has 0 aromatic rings. The molecule has 1 unspecified atom stereocenters.